The molecule has 1 N–H and O–H groups in total. The number of amides is 1. The van der Waals surface area contributed by atoms with Crippen LogP contribution in [-0.2, 0) is 24.2 Å². The van der Waals surface area contributed by atoms with Crippen LogP contribution in [0, 0.1) is 13.8 Å². The fourth-order valence-electron chi connectivity index (χ4n) is 4.45. The molecule has 0 spiro atoms. The summed E-state index contributed by atoms with van der Waals surface area (Å²) in [6.45, 7) is 7.40. The van der Waals surface area contributed by atoms with E-state index in [1.165, 1.54) is 28.6 Å². The van der Waals surface area contributed by atoms with E-state index in [-0.39, 0.29) is 16.7 Å². The molecule has 3 aromatic rings. The normalized spacial score (nSPS) is 14.4. The first-order valence-corrected chi connectivity index (χ1v) is 13.7. The number of thiophene rings is 1. The lowest BCUT2D eigenvalue weighted by atomic mass is 9.97. The topological polar surface area (TPSA) is 67.2 Å². The second-order valence-electron chi connectivity index (χ2n) is 9.47. The molecule has 2 heterocycles. The molecule has 1 atom stereocenters. The highest BCUT2D eigenvalue weighted by atomic mass is 32.2. The summed E-state index contributed by atoms with van der Waals surface area (Å²) in [5.74, 6) is -0.0865. The van der Waals surface area contributed by atoms with Crippen molar-refractivity contribution in [2.24, 2.45) is 0 Å². The molecule has 0 unspecified atom stereocenters. The zero-order chi connectivity index (χ0) is 24.4. The second kappa shape index (κ2) is 10.6. The van der Waals surface area contributed by atoms with E-state index in [2.05, 4.69) is 16.3 Å². The van der Waals surface area contributed by atoms with Gasteiger partial charge in [0, 0.05) is 17.1 Å². The highest BCUT2D eigenvalue weighted by Crippen LogP contribution is 2.35. The number of aromatic nitrogens is 2. The van der Waals surface area contributed by atoms with Crippen LogP contribution < -0.4 is 10.9 Å². The summed E-state index contributed by atoms with van der Waals surface area (Å²) in [5.41, 5.74) is 4.28. The number of hydrogen-bond acceptors (Lipinski definition) is 6. The molecular weight excluding hydrogens is 464 g/mol. The summed E-state index contributed by atoms with van der Waals surface area (Å²) in [7, 11) is 4.07. The lowest BCUT2D eigenvalue weighted by Gasteiger charge is -2.17. The lowest BCUT2D eigenvalue weighted by Crippen LogP contribution is -2.28. The van der Waals surface area contributed by atoms with Crippen LogP contribution in [0.15, 0.2) is 28.2 Å². The summed E-state index contributed by atoms with van der Waals surface area (Å²) in [6.07, 6.45) is 5.15. The van der Waals surface area contributed by atoms with E-state index in [4.69, 9.17) is 4.98 Å². The van der Waals surface area contributed by atoms with Gasteiger partial charge in [-0.25, -0.2) is 4.98 Å². The summed E-state index contributed by atoms with van der Waals surface area (Å²) in [5, 5.41) is 4.10. The number of aryl methyl sites for hydroxylation is 4. The molecule has 1 aliphatic carbocycles. The minimum Gasteiger partial charge on any atom is -0.325 e. The van der Waals surface area contributed by atoms with E-state index in [9.17, 15) is 9.59 Å². The number of nitrogens with zero attached hydrogens (tertiary/aromatic N) is 3. The first-order chi connectivity index (χ1) is 16.2. The van der Waals surface area contributed by atoms with Gasteiger partial charge >= 0.3 is 0 Å². The van der Waals surface area contributed by atoms with Gasteiger partial charge in [-0.3, -0.25) is 14.2 Å². The Morgan fingerprint density at radius 1 is 1.26 bits per heavy atom. The van der Waals surface area contributed by atoms with E-state index >= 15 is 0 Å². The molecule has 4 rings (SSSR count). The van der Waals surface area contributed by atoms with Gasteiger partial charge in [-0.1, -0.05) is 29.5 Å². The van der Waals surface area contributed by atoms with Gasteiger partial charge in [-0.2, -0.15) is 0 Å². The maximum Gasteiger partial charge on any atom is 0.263 e. The number of thioether (sulfide) groups is 1. The van der Waals surface area contributed by atoms with E-state index in [0.717, 1.165) is 59.3 Å². The Kier molecular flexibility index (Phi) is 7.80. The average Bonchev–Trinajstić information content (AvgIpc) is 3.15. The zero-order valence-electron chi connectivity index (χ0n) is 20.7. The largest absolute Gasteiger partial charge is 0.325 e. The molecule has 0 saturated heterocycles. The molecule has 0 saturated carbocycles. The maximum atomic E-state index is 13.7. The van der Waals surface area contributed by atoms with E-state index in [0.29, 0.717) is 11.7 Å². The number of carbonyl (C=O) groups excluding carboxylic acids is 1. The number of anilines is 1. The number of nitrogens with one attached hydrogen (secondary N) is 1. The maximum absolute atomic E-state index is 13.7. The number of fused-ring (bicyclic) bond motifs is 3. The van der Waals surface area contributed by atoms with Crippen molar-refractivity contribution in [3.8, 4) is 0 Å². The van der Waals surface area contributed by atoms with Crippen LogP contribution in [0.2, 0.25) is 0 Å². The van der Waals surface area contributed by atoms with Crippen LogP contribution >= 0.6 is 23.1 Å². The molecule has 1 aliphatic rings. The molecule has 182 valence electrons. The van der Waals surface area contributed by atoms with Gasteiger partial charge < -0.3 is 10.2 Å². The van der Waals surface area contributed by atoms with Crippen LogP contribution in [-0.4, -0.2) is 46.2 Å². The fourth-order valence-corrected chi connectivity index (χ4v) is 6.69. The fraction of sp³-hybridized carbons (Fsp3) is 0.500. The van der Waals surface area contributed by atoms with Crippen LogP contribution in [0.5, 0.6) is 0 Å². The molecule has 6 nitrogen and oxygen atoms in total. The molecule has 34 heavy (non-hydrogen) atoms. The van der Waals surface area contributed by atoms with Crippen LogP contribution in [0.3, 0.4) is 0 Å². The van der Waals surface area contributed by atoms with Crippen molar-refractivity contribution in [2.45, 2.75) is 69.8 Å². The van der Waals surface area contributed by atoms with E-state index < -0.39 is 0 Å². The van der Waals surface area contributed by atoms with Crippen molar-refractivity contribution < 1.29 is 4.79 Å². The third kappa shape index (κ3) is 5.39. The average molecular weight is 499 g/mol. The number of rotatable bonds is 8. The van der Waals surface area contributed by atoms with Crippen molar-refractivity contribution in [3.05, 3.63) is 50.1 Å². The predicted octanol–water partition coefficient (Wildman–Crippen LogP) is 5.02. The Labute approximate surface area is 209 Å². The molecule has 8 heteroatoms. The Morgan fingerprint density at radius 2 is 2.03 bits per heavy atom. The Balaban J connectivity index is 1.64. The molecule has 0 fully saturated rings. The monoisotopic (exact) mass is 498 g/mol. The molecule has 0 bridgehead atoms. The highest BCUT2D eigenvalue weighted by Gasteiger charge is 2.24. The van der Waals surface area contributed by atoms with Crippen molar-refractivity contribution in [3.63, 3.8) is 0 Å². The van der Waals surface area contributed by atoms with E-state index in [1.54, 1.807) is 15.9 Å². The smallest absolute Gasteiger partial charge is 0.263 e. The third-order valence-corrected chi connectivity index (χ3v) is 8.59. The quantitative estimate of drug-likeness (QED) is 0.349. The minimum atomic E-state index is -0.389. The van der Waals surface area contributed by atoms with E-state index in [1.807, 2.05) is 47.0 Å². The highest BCUT2D eigenvalue weighted by molar-refractivity contribution is 8.00. The molecule has 2 aromatic heterocycles. The van der Waals surface area contributed by atoms with Gasteiger partial charge in [0.05, 0.1) is 10.6 Å². The van der Waals surface area contributed by atoms with Gasteiger partial charge in [0.15, 0.2) is 5.16 Å². The van der Waals surface area contributed by atoms with Gasteiger partial charge in [0.2, 0.25) is 5.91 Å². The minimum absolute atomic E-state index is 0.0487. The lowest BCUT2D eigenvalue weighted by molar-refractivity contribution is -0.115. The Morgan fingerprint density at radius 3 is 2.76 bits per heavy atom. The predicted molar refractivity (Wildman–Crippen MR) is 144 cm³/mol. The third-order valence-electron chi connectivity index (χ3n) is 6.32. The molecule has 1 aromatic carbocycles. The first-order valence-electron chi connectivity index (χ1n) is 12.0. The van der Waals surface area contributed by atoms with Crippen LogP contribution in [0.25, 0.3) is 10.2 Å². The van der Waals surface area contributed by atoms with Gasteiger partial charge in [-0.15, -0.1) is 11.3 Å². The molecule has 0 radical (unpaired) electrons. The van der Waals surface area contributed by atoms with Crippen molar-refractivity contribution in [2.75, 3.05) is 26.0 Å². The van der Waals surface area contributed by atoms with Crippen LogP contribution in [0.4, 0.5) is 5.69 Å². The van der Waals surface area contributed by atoms with Crippen molar-refractivity contribution in [1.82, 2.24) is 14.5 Å². The number of benzene rings is 1. The SMILES string of the molecule is Cc1ccc(NC(=O)[C@H](C)Sc2nc3sc4c(c3c(=O)n2CCCN(C)C)CCCC4)c(C)c1. The van der Waals surface area contributed by atoms with Crippen LogP contribution in [0.1, 0.15) is 47.8 Å². The molecular formula is C26H34N4O2S2. The Bertz CT molecular complexity index is 1260. The van der Waals surface area contributed by atoms with Gasteiger partial charge in [0.25, 0.3) is 5.56 Å². The van der Waals surface area contributed by atoms with Crippen molar-refractivity contribution >= 4 is 44.9 Å². The number of hydrogen-bond donors (Lipinski definition) is 1. The second-order valence-corrected chi connectivity index (χ2v) is 11.9. The molecule has 1 amide bonds. The van der Waals surface area contributed by atoms with Gasteiger partial charge in [-0.05, 0) is 90.7 Å². The number of carbonyl (C=O) groups is 1. The Hall–Kier alpha value is -2.16. The summed E-state index contributed by atoms with van der Waals surface area (Å²) in [6, 6.07) is 6.00. The summed E-state index contributed by atoms with van der Waals surface area (Å²) >= 11 is 3.03. The zero-order valence-corrected chi connectivity index (χ0v) is 22.4. The first kappa shape index (κ1) is 24.9. The summed E-state index contributed by atoms with van der Waals surface area (Å²) < 4.78 is 1.80. The molecule has 0 aliphatic heterocycles. The van der Waals surface area contributed by atoms with Gasteiger partial charge in [0.1, 0.15) is 4.83 Å². The summed E-state index contributed by atoms with van der Waals surface area (Å²) in [4.78, 5) is 35.9. The van der Waals surface area contributed by atoms with Crippen molar-refractivity contribution in [1.29, 1.82) is 0 Å². The standard InChI is InChI=1S/C26H34N4O2S2/c1-16-11-12-20(17(2)15-16)27-23(31)18(3)33-26-28-24-22(19-9-6-7-10-21(19)34-24)25(32)30(26)14-8-13-29(4)5/h11-12,15,18H,6-10,13-14H2,1-5H3,(H,27,31)/t18-/m0/s1.